The smallest absolute Gasteiger partial charge is 0.303 e. The molecule has 2 saturated heterocycles. The summed E-state index contributed by atoms with van der Waals surface area (Å²) in [5, 5.41) is 1.08. The van der Waals surface area contributed by atoms with Crippen molar-refractivity contribution in [3.63, 3.8) is 0 Å². The third kappa shape index (κ3) is 4.98. The van der Waals surface area contributed by atoms with Crippen LogP contribution in [0.2, 0.25) is 0 Å². The van der Waals surface area contributed by atoms with Gasteiger partial charge in [0.05, 0.1) is 18.2 Å². The molecule has 4 atom stereocenters. The number of nitrogens with zero attached hydrogens (tertiary/aromatic N) is 4. The van der Waals surface area contributed by atoms with E-state index in [-0.39, 0.29) is 17.4 Å². The normalized spacial score (nSPS) is 27.2. The highest BCUT2D eigenvalue weighted by Gasteiger charge is 2.64. The predicted octanol–water partition coefficient (Wildman–Crippen LogP) is 5.08. The van der Waals surface area contributed by atoms with E-state index in [0.29, 0.717) is 24.5 Å². The maximum atomic E-state index is 14.9. The average Bonchev–Trinajstić information content (AvgIpc) is 3.66. The number of amides is 2. The molecule has 8 rings (SSSR count). The van der Waals surface area contributed by atoms with Gasteiger partial charge in [-0.1, -0.05) is 25.3 Å². The van der Waals surface area contributed by atoms with Crippen molar-refractivity contribution in [1.82, 2.24) is 23.4 Å². The van der Waals surface area contributed by atoms with Crippen LogP contribution < -0.4 is 9.46 Å². The Kier molecular flexibility index (Phi) is 7.69. The summed E-state index contributed by atoms with van der Waals surface area (Å²) in [5.74, 6) is 0.791. The van der Waals surface area contributed by atoms with E-state index < -0.39 is 21.5 Å². The lowest BCUT2D eigenvalue weighted by Crippen LogP contribution is -2.44. The Balaban J connectivity index is 1.30. The maximum absolute atomic E-state index is 14.9. The standard InChI is InChI=1S/C37H47N5O5S/c1-39(2)48(45,46)38-35(43)24-10-14-29-32(18-24)42-22-37(36(44)41-17-16-25-11-12-26(21-41)40(25)3)20-31(37)30-19-27(47-4)13-15-28(30)34(42)33(29)23-8-6-5-7-9-23/h10,13-15,18-19,23,25-26,31H,5-9,11-12,16-17,20-22H2,1-4H3,(H,38,43). The van der Waals surface area contributed by atoms with Crippen molar-refractivity contribution >= 4 is 32.9 Å². The molecule has 4 fully saturated rings. The summed E-state index contributed by atoms with van der Waals surface area (Å²) in [6.07, 6.45) is 9.88. The van der Waals surface area contributed by atoms with Crippen molar-refractivity contribution in [2.75, 3.05) is 41.3 Å². The number of nitrogens with one attached hydrogen (secondary N) is 1. The van der Waals surface area contributed by atoms with Gasteiger partial charge in [-0.15, -0.1) is 0 Å². The highest BCUT2D eigenvalue weighted by Crippen LogP contribution is 2.66. The minimum absolute atomic E-state index is 0.0686. The molecule has 10 nitrogen and oxygen atoms in total. The van der Waals surface area contributed by atoms with Gasteiger partial charge in [-0.25, -0.2) is 4.72 Å². The van der Waals surface area contributed by atoms with Crippen molar-refractivity contribution in [2.24, 2.45) is 5.41 Å². The zero-order chi connectivity index (χ0) is 33.5. The number of hydrogen-bond donors (Lipinski definition) is 1. The molecule has 4 unspecified atom stereocenters. The first-order valence-corrected chi connectivity index (χ1v) is 19.1. The van der Waals surface area contributed by atoms with Gasteiger partial charge in [0, 0.05) is 73.8 Å². The molecule has 3 aliphatic heterocycles. The molecular formula is C37H47N5O5S. The number of hydrogen-bond acceptors (Lipinski definition) is 6. The first kappa shape index (κ1) is 31.8. The highest BCUT2D eigenvalue weighted by atomic mass is 32.2. The Morgan fingerprint density at radius 1 is 0.979 bits per heavy atom. The fourth-order valence-electron chi connectivity index (χ4n) is 9.50. The number of carbonyl (C=O) groups excluding carboxylic acids is 2. The van der Waals surface area contributed by atoms with Crippen LogP contribution in [-0.4, -0.2) is 92.3 Å². The zero-order valence-corrected chi connectivity index (χ0v) is 29.3. The monoisotopic (exact) mass is 673 g/mol. The molecule has 5 aliphatic rings. The van der Waals surface area contributed by atoms with Crippen LogP contribution in [-0.2, 0) is 21.5 Å². The van der Waals surface area contributed by atoms with E-state index in [1.54, 1.807) is 13.2 Å². The van der Waals surface area contributed by atoms with Crippen LogP contribution in [0.25, 0.3) is 22.2 Å². The van der Waals surface area contributed by atoms with Crippen LogP contribution >= 0.6 is 0 Å². The average molecular weight is 674 g/mol. The third-order valence-electron chi connectivity index (χ3n) is 12.3. The maximum Gasteiger partial charge on any atom is 0.303 e. The number of likely N-dealkylation sites (N-methyl/N-ethyl adjacent to an activating group) is 1. The van der Waals surface area contributed by atoms with Gasteiger partial charge in [0.2, 0.25) is 5.91 Å². The van der Waals surface area contributed by atoms with E-state index in [4.69, 9.17) is 4.74 Å². The minimum atomic E-state index is -3.97. The number of benzene rings is 2. The summed E-state index contributed by atoms with van der Waals surface area (Å²) in [5.41, 5.74) is 5.31. The van der Waals surface area contributed by atoms with Gasteiger partial charge in [0.25, 0.3) is 5.91 Å². The summed E-state index contributed by atoms with van der Waals surface area (Å²) in [4.78, 5) is 33.0. The Hall–Kier alpha value is -3.41. The Labute approximate surface area is 283 Å². The molecule has 4 heterocycles. The van der Waals surface area contributed by atoms with Crippen LogP contribution in [0.1, 0.15) is 91.1 Å². The Bertz CT molecular complexity index is 1910. The number of fused-ring (bicyclic) bond motifs is 9. The SMILES string of the molecule is COc1ccc2c(c1)C1CC1(C(=O)N1CCC3CCC(C1)N3C)Cn1c-2c(C2CCCCC2)c2ccc(C(=O)NS(=O)(=O)N(C)C)cc21. The highest BCUT2D eigenvalue weighted by molar-refractivity contribution is 7.87. The molecule has 2 amide bonds. The van der Waals surface area contributed by atoms with Gasteiger partial charge < -0.3 is 14.2 Å². The van der Waals surface area contributed by atoms with Crippen LogP contribution in [0.15, 0.2) is 36.4 Å². The first-order chi connectivity index (χ1) is 23.0. The predicted molar refractivity (Wildman–Crippen MR) is 185 cm³/mol. The van der Waals surface area contributed by atoms with Gasteiger partial charge in [-0.2, -0.15) is 12.7 Å². The topological polar surface area (TPSA) is 104 Å². The molecule has 2 saturated carbocycles. The Morgan fingerprint density at radius 2 is 1.75 bits per heavy atom. The molecule has 0 spiro atoms. The minimum Gasteiger partial charge on any atom is -0.497 e. The zero-order valence-electron chi connectivity index (χ0n) is 28.5. The quantitative estimate of drug-likeness (QED) is 0.392. The van der Waals surface area contributed by atoms with E-state index >= 15 is 0 Å². The van der Waals surface area contributed by atoms with Gasteiger partial charge in [0.15, 0.2) is 0 Å². The van der Waals surface area contributed by atoms with Gasteiger partial charge >= 0.3 is 10.2 Å². The van der Waals surface area contributed by atoms with E-state index in [1.165, 1.54) is 50.9 Å². The molecule has 256 valence electrons. The number of ether oxygens (including phenoxy) is 1. The van der Waals surface area contributed by atoms with E-state index in [0.717, 1.165) is 77.4 Å². The summed E-state index contributed by atoms with van der Waals surface area (Å²) in [6, 6.07) is 12.9. The largest absolute Gasteiger partial charge is 0.497 e. The lowest BCUT2D eigenvalue weighted by Gasteiger charge is -2.30. The van der Waals surface area contributed by atoms with Gasteiger partial charge in [-0.05, 0) is 92.9 Å². The number of methoxy groups -OCH3 is 1. The van der Waals surface area contributed by atoms with Crippen molar-refractivity contribution < 1.29 is 22.7 Å². The fourth-order valence-corrected chi connectivity index (χ4v) is 10.0. The number of carbonyl (C=O) groups is 2. The van der Waals surface area contributed by atoms with Crippen LogP contribution in [0.3, 0.4) is 0 Å². The van der Waals surface area contributed by atoms with Gasteiger partial charge in [0.1, 0.15) is 5.75 Å². The van der Waals surface area contributed by atoms with Crippen molar-refractivity contribution in [2.45, 2.75) is 88.3 Å². The molecule has 0 radical (unpaired) electrons. The fraction of sp³-hybridized carbons (Fsp3) is 0.568. The second kappa shape index (κ2) is 11.6. The molecule has 3 aromatic rings. The number of rotatable bonds is 6. The second-order valence-electron chi connectivity index (χ2n) is 15.1. The Morgan fingerprint density at radius 3 is 2.50 bits per heavy atom. The van der Waals surface area contributed by atoms with E-state index in [1.807, 2.05) is 18.2 Å². The molecule has 2 aromatic carbocycles. The summed E-state index contributed by atoms with van der Waals surface area (Å²) in [6.45, 7) is 2.07. The molecule has 11 heteroatoms. The van der Waals surface area contributed by atoms with Crippen molar-refractivity contribution in [3.8, 4) is 17.0 Å². The van der Waals surface area contributed by atoms with Crippen LogP contribution in [0, 0.1) is 5.41 Å². The molecule has 2 aliphatic carbocycles. The molecule has 1 aromatic heterocycles. The molecule has 48 heavy (non-hydrogen) atoms. The van der Waals surface area contributed by atoms with Crippen LogP contribution in [0.4, 0.5) is 0 Å². The van der Waals surface area contributed by atoms with E-state index in [2.05, 4.69) is 38.3 Å². The summed E-state index contributed by atoms with van der Waals surface area (Å²) < 4.78 is 36.5. The van der Waals surface area contributed by atoms with Crippen LogP contribution in [0.5, 0.6) is 5.75 Å². The molecule has 1 N–H and O–H groups in total. The number of aromatic nitrogens is 1. The summed E-state index contributed by atoms with van der Waals surface area (Å²) in [7, 11) is 2.73. The number of likely N-dealkylation sites (tertiary alicyclic amines) is 1. The lowest BCUT2D eigenvalue weighted by molar-refractivity contribution is -0.138. The van der Waals surface area contributed by atoms with E-state index in [9.17, 15) is 18.0 Å². The van der Waals surface area contributed by atoms with Crippen molar-refractivity contribution in [1.29, 1.82) is 0 Å². The summed E-state index contributed by atoms with van der Waals surface area (Å²) >= 11 is 0. The lowest BCUT2D eigenvalue weighted by atomic mass is 9.81. The van der Waals surface area contributed by atoms with Crippen molar-refractivity contribution in [3.05, 3.63) is 53.1 Å². The van der Waals surface area contributed by atoms with Gasteiger partial charge in [-0.3, -0.25) is 14.5 Å². The first-order valence-electron chi connectivity index (χ1n) is 17.6. The molecular weight excluding hydrogens is 627 g/mol. The molecule has 2 bridgehead atoms. The third-order valence-corrected chi connectivity index (χ3v) is 13.8. The second-order valence-corrected chi connectivity index (χ2v) is 17.0.